The van der Waals surface area contributed by atoms with Crippen LogP contribution in [-0.2, 0) is 11.3 Å². The number of piperidine rings is 1. The van der Waals surface area contributed by atoms with Crippen molar-refractivity contribution in [3.8, 4) is 0 Å². The van der Waals surface area contributed by atoms with Crippen molar-refractivity contribution >= 4 is 11.9 Å². The van der Waals surface area contributed by atoms with Gasteiger partial charge >= 0.3 is 0 Å². The number of hydrogen-bond acceptors (Lipinski definition) is 5. The van der Waals surface area contributed by atoms with Crippen LogP contribution in [0.1, 0.15) is 17.5 Å². The minimum absolute atomic E-state index is 0.0559. The second kappa shape index (κ2) is 6.19. The predicted octanol–water partition coefficient (Wildman–Crippen LogP) is 1.66. The van der Waals surface area contributed by atoms with Crippen molar-refractivity contribution in [1.29, 1.82) is 0 Å². The predicted molar refractivity (Wildman–Crippen MR) is 90.2 cm³/mol. The van der Waals surface area contributed by atoms with Gasteiger partial charge in [-0.05, 0) is 36.5 Å². The van der Waals surface area contributed by atoms with Crippen LogP contribution in [0.3, 0.4) is 0 Å². The van der Waals surface area contributed by atoms with Gasteiger partial charge < -0.3 is 9.80 Å². The molecule has 0 unspecified atom stereocenters. The lowest BCUT2D eigenvalue weighted by molar-refractivity contribution is -0.140. The maximum absolute atomic E-state index is 12.9. The van der Waals surface area contributed by atoms with Crippen LogP contribution >= 0.6 is 0 Å². The molecular formula is C18H21N5O. The van der Waals surface area contributed by atoms with Gasteiger partial charge in [0.25, 0.3) is 0 Å². The Morgan fingerprint density at radius 3 is 2.79 bits per heavy atom. The summed E-state index contributed by atoms with van der Waals surface area (Å²) < 4.78 is 0. The fraction of sp³-hybridized carbons (Fsp3) is 0.444. The quantitative estimate of drug-likeness (QED) is 0.860. The first-order valence-electron chi connectivity index (χ1n) is 8.42. The lowest BCUT2D eigenvalue weighted by Gasteiger charge is -2.33. The highest BCUT2D eigenvalue weighted by molar-refractivity contribution is 5.81. The monoisotopic (exact) mass is 323 g/mol. The van der Waals surface area contributed by atoms with Gasteiger partial charge in [0.2, 0.25) is 11.9 Å². The number of nitrogens with zero attached hydrogens (tertiary/aromatic N) is 5. The molecule has 2 saturated heterocycles. The minimum atomic E-state index is 0.0559. The zero-order chi connectivity index (χ0) is 16.5. The Morgan fingerprint density at radius 2 is 2.04 bits per heavy atom. The number of hydrogen-bond donors (Lipinski definition) is 0. The van der Waals surface area contributed by atoms with E-state index in [0.29, 0.717) is 12.5 Å². The second-order valence-electron chi connectivity index (χ2n) is 6.74. The number of anilines is 1. The van der Waals surface area contributed by atoms with Crippen LogP contribution < -0.4 is 4.90 Å². The summed E-state index contributed by atoms with van der Waals surface area (Å²) in [5.41, 5.74) is 2.13. The topological polar surface area (TPSA) is 62.2 Å². The van der Waals surface area contributed by atoms with Crippen LogP contribution in [0, 0.1) is 18.8 Å². The van der Waals surface area contributed by atoms with Crippen molar-refractivity contribution in [1.82, 2.24) is 19.9 Å². The molecule has 0 spiro atoms. The molecule has 2 fully saturated rings. The highest BCUT2D eigenvalue weighted by Crippen LogP contribution is 2.34. The summed E-state index contributed by atoms with van der Waals surface area (Å²) in [5.74, 6) is 1.46. The van der Waals surface area contributed by atoms with Gasteiger partial charge in [-0.15, -0.1) is 0 Å². The molecule has 2 aromatic rings. The van der Waals surface area contributed by atoms with E-state index in [0.717, 1.165) is 43.1 Å². The van der Waals surface area contributed by atoms with Crippen LogP contribution in [-0.4, -0.2) is 45.4 Å². The van der Waals surface area contributed by atoms with E-state index >= 15 is 0 Å². The summed E-state index contributed by atoms with van der Waals surface area (Å²) in [7, 11) is 0. The maximum atomic E-state index is 12.9. The van der Waals surface area contributed by atoms with Crippen molar-refractivity contribution < 1.29 is 4.79 Å². The molecule has 0 aliphatic carbocycles. The number of carbonyl (C=O) groups excluding carboxylic acids is 1. The number of amides is 1. The van der Waals surface area contributed by atoms with Crippen molar-refractivity contribution in [2.45, 2.75) is 19.9 Å². The fourth-order valence-electron chi connectivity index (χ4n) is 3.69. The zero-order valence-corrected chi connectivity index (χ0v) is 13.8. The lowest BCUT2D eigenvalue weighted by atomic mass is 9.88. The molecular weight excluding hydrogens is 302 g/mol. The molecule has 0 radical (unpaired) electrons. The van der Waals surface area contributed by atoms with Gasteiger partial charge in [0.05, 0.1) is 5.92 Å². The number of aromatic nitrogens is 3. The Hall–Kier alpha value is -2.50. The Bertz CT molecular complexity index is 718. The van der Waals surface area contributed by atoms with Gasteiger partial charge in [0.15, 0.2) is 0 Å². The Labute approximate surface area is 141 Å². The maximum Gasteiger partial charge on any atom is 0.228 e. The van der Waals surface area contributed by atoms with Crippen LogP contribution in [0.4, 0.5) is 5.95 Å². The number of likely N-dealkylation sites (tertiary alicyclic amines) is 1. The second-order valence-corrected chi connectivity index (χ2v) is 6.74. The molecule has 2 atom stereocenters. The van der Waals surface area contributed by atoms with Crippen LogP contribution in [0.5, 0.6) is 0 Å². The molecule has 4 heterocycles. The first-order chi connectivity index (χ1) is 11.7. The van der Waals surface area contributed by atoms with Gasteiger partial charge in [0.1, 0.15) is 0 Å². The molecule has 0 N–H and O–H groups in total. The third-order valence-electron chi connectivity index (χ3n) is 4.99. The standard InChI is InChI=1S/C18H21N5O/c1-13-7-20-18(21-8-13)23-11-15-4-6-22(17(24)16(15)12-23)10-14-3-2-5-19-9-14/h2-3,5,7-9,15-16H,4,6,10-12H2,1H3/t15-,16-/m1/s1. The van der Waals surface area contributed by atoms with Gasteiger partial charge in [0, 0.05) is 51.0 Å². The van der Waals surface area contributed by atoms with Crippen molar-refractivity contribution in [3.63, 3.8) is 0 Å². The fourth-order valence-corrected chi connectivity index (χ4v) is 3.69. The third kappa shape index (κ3) is 2.84. The lowest BCUT2D eigenvalue weighted by Crippen LogP contribution is -2.44. The molecule has 0 aromatic carbocycles. The van der Waals surface area contributed by atoms with Crippen molar-refractivity contribution in [2.24, 2.45) is 11.8 Å². The van der Waals surface area contributed by atoms with Crippen LogP contribution in [0.25, 0.3) is 0 Å². The van der Waals surface area contributed by atoms with Gasteiger partial charge in [-0.25, -0.2) is 9.97 Å². The van der Waals surface area contributed by atoms with Crippen LogP contribution in [0.15, 0.2) is 36.9 Å². The molecule has 0 saturated carbocycles. The Kier molecular flexibility index (Phi) is 3.88. The molecule has 6 heteroatoms. The molecule has 124 valence electrons. The highest BCUT2D eigenvalue weighted by Gasteiger charge is 2.43. The number of pyridine rings is 1. The van der Waals surface area contributed by atoms with Gasteiger partial charge in [-0.3, -0.25) is 9.78 Å². The minimum Gasteiger partial charge on any atom is -0.340 e. The SMILES string of the molecule is Cc1cnc(N2C[C@H]3CCN(Cc4cccnc4)C(=O)[C@@H]3C2)nc1. The van der Waals surface area contributed by atoms with E-state index in [1.807, 2.05) is 42.5 Å². The summed E-state index contributed by atoms with van der Waals surface area (Å²) >= 11 is 0. The summed E-state index contributed by atoms with van der Waals surface area (Å²) in [6.45, 7) is 5.04. The number of rotatable bonds is 3. The molecule has 2 aliphatic rings. The molecule has 4 rings (SSSR count). The largest absolute Gasteiger partial charge is 0.340 e. The number of aryl methyl sites for hydroxylation is 1. The number of fused-ring (bicyclic) bond motifs is 1. The summed E-state index contributed by atoms with van der Waals surface area (Å²) in [6, 6.07) is 3.94. The van der Waals surface area contributed by atoms with E-state index < -0.39 is 0 Å². The summed E-state index contributed by atoms with van der Waals surface area (Å²) in [4.78, 5) is 30.0. The molecule has 0 bridgehead atoms. The summed E-state index contributed by atoms with van der Waals surface area (Å²) in [6.07, 6.45) is 8.30. The molecule has 1 amide bonds. The van der Waals surface area contributed by atoms with E-state index in [9.17, 15) is 4.79 Å². The van der Waals surface area contributed by atoms with Gasteiger partial charge in [-0.2, -0.15) is 0 Å². The summed E-state index contributed by atoms with van der Waals surface area (Å²) in [5, 5.41) is 0. The molecule has 24 heavy (non-hydrogen) atoms. The molecule has 2 aliphatic heterocycles. The Balaban J connectivity index is 1.46. The normalized spacial score (nSPS) is 23.5. The third-order valence-corrected chi connectivity index (χ3v) is 4.99. The average Bonchev–Trinajstić information content (AvgIpc) is 3.04. The van der Waals surface area contributed by atoms with Crippen LogP contribution in [0.2, 0.25) is 0 Å². The van der Waals surface area contributed by atoms with E-state index in [4.69, 9.17) is 0 Å². The first-order valence-corrected chi connectivity index (χ1v) is 8.42. The molecule has 6 nitrogen and oxygen atoms in total. The van der Waals surface area contributed by atoms with E-state index in [-0.39, 0.29) is 11.8 Å². The molecule has 2 aromatic heterocycles. The average molecular weight is 323 g/mol. The number of carbonyl (C=O) groups is 1. The first kappa shape index (κ1) is 15.1. The van der Waals surface area contributed by atoms with E-state index in [1.54, 1.807) is 6.20 Å². The van der Waals surface area contributed by atoms with E-state index in [2.05, 4.69) is 19.9 Å². The van der Waals surface area contributed by atoms with E-state index in [1.165, 1.54) is 0 Å². The van der Waals surface area contributed by atoms with Crippen molar-refractivity contribution in [2.75, 3.05) is 24.5 Å². The smallest absolute Gasteiger partial charge is 0.228 e. The van der Waals surface area contributed by atoms with Gasteiger partial charge in [-0.1, -0.05) is 6.07 Å². The zero-order valence-electron chi connectivity index (χ0n) is 13.8. The van der Waals surface area contributed by atoms with Crippen molar-refractivity contribution in [3.05, 3.63) is 48.0 Å². The highest BCUT2D eigenvalue weighted by atomic mass is 16.2. The Morgan fingerprint density at radius 1 is 1.21 bits per heavy atom.